The van der Waals surface area contributed by atoms with Crippen molar-refractivity contribution in [2.45, 2.75) is 82.8 Å². The van der Waals surface area contributed by atoms with Gasteiger partial charge in [0.15, 0.2) is 11.5 Å². The second-order valence-corrected chi connectivity index (χ2v) is 10.4. The maximum absolute atomic E-state index is 13.2. The van der Waals surface area contributed by atoms with Crippen molar-refractivity contribution in [2.24, 2.45) is 0 Å². The third-order valence-electron chi connectivity index (χ3n) is 6.86. The van der Waals surface area contributed by atoms with Crippen LogP contribution in [0.2, 0.25) is 0 Å². The van der Waals surface area contributed by atoms with E-state index in [1.54, 1.807) is 23.1 Å². The SMILES string of the molecule is CCC(=O)N(C1CCCCC1)[C@@H]1CC(C(=O)NCCO)=C[C@H](Oc2c(I)cc(CO)cc2OC)[C@H]1O. The summed E-state index contributed by atoms with van der Waals surface area (Å²) in [5, 5.41) is 32.9. The third-order valence-corrected chi connectivity index (χ3v) is 7.66. The lowest BCUT2D eigenvalue weighted by Crippen LogP contribution is -2.58. The van der Waals surface area contributed by atoms with Gasteiger partial charge in [-0.1, -0.05) is 26.2 Å². The smallest absolute Gasteiger partial charge is 0.247 e. The molecular formula is C26H37IN2O7. The fourth-order valence-corrected chi connectivity index (χ4v) is 5.86. The molecule has 2 aliphatic carbocycles. The molecule has 1 aromatic rings. The molecule has 0 spiro atoms. The summed E-state index contributed by atoms with van der Waals surface area (Å²) in [6.07, 6.45) is 4.99. The Morgan fingerprint density at radius 3 is 2.53 bits per heavy atom. The largest absolute Gasteiger partial charge is 0.493 e. The number of ether oxygens (including phenoxy) is 2. The molecule has 0 saturated heterocycles. The van der Waals surface area contributed by atoms with Gasteiger partial charge in [0.25, 0.3) is 0 Å². The lowest BCUT2D eigenvalue weighted by molar-refractivity contribution is -0.142. The Morgan fingerprint density at radius 1 is 1.19 bits per heavy atom. The van der Waals surface area contributed by atoms with Crippen LogP contribution in [0.5, 0.6) is 11.5 Å². The molecule has 0 aromatic heterocycles. The fourth-order valence-electron chi connectivity index (χ4n) is 5.06. The topological polar surface area (TPSA) is 129 Å². The van der Waals surface area contributed by atoms with Crippen molar-refractivity contribution in [3.63, 3.8) is 0 Å². The van der Waals surface area contributed by atoms with Gasteiger partial charge in [-0.2, -0.15) is 0 Å². The molecule has 10 heteroatoms. The number of amides is 2. The third kappa shape index (κ3) is 6.70. The molecule has 0 aliphatic heterocycles. The average molecular weight is 616 g/mol. The summed E-state index contributed by atoms with van der Waals surface area (Å²) in [5.41, 5.74) is 1.05. The monoisotopic (exact) mass is 616 g/mol. The first-order chi connectivity index (χ1) is 17.3. The van der Waals surface area contributed by atoms with Gasteiger partial charge in [-0.05, 0) is 59.2 Å². The minimum atomic E-state index is -1.07. The highest BCUT2D eigenvalue weighted by Gasteiger charge is 2.43. The van der Waals surface area contributed by atoms with Gasteiger partial charge in [-0.15, -0.1) is 0 Å². The van der Waals surface area contributed by atoms with E-state index in [-0.39, 0.29) is 44.0 Å². The van der Waals surface area contributed by atoms with Crippen molar-refractivity contribution in [1.82, 2.24) is 10.2 Å². The minimum absolute atomic E-state index is 0.00450. The number of carbonyl (C=O) groups is 2. The van der Waals surface area contributed by atoms with Crippen molar-refractivity contribution in [3.8, 4) is 11.5 Å². The number of carbonyl (C=O) groups excluding carboxylic acids is 2. The molecule has 9 nitrogen and oxygen atoms in total. The molecule has 200 valence electrons. The van der Waals surface area contributed by atoms with Crippen molar-refractivity contribution in [2.75, 3.05) is 20.3 Å². The van der Waals surface area contributed by atoms with Crippen LogP contribution in [0.3, 0.4) is 0 Å². The zero-order chi connectivity index (χ0) is 26.2. The number of methoxy groups -OCH3 is 1. The Bertz CT molecular complexity index is 948. The number of rotatable bonds is 10. The Labute approximate surface area is 226 Å². The number of aliphatic hydroxyl groups excluding tert-OH is 3. The number of halogens is 1. The fraction of sp³-hybridized carbons (Fsp3) is 0.615. The van der Waals surface area contributed by atoms with Gasteiger partial charge in [0.1, 0.15) is 12.2 Å². The molecule has 3 atom stereocenters. The Hall–Kier alpha value is -1.89. The van der Waals surface area contributed by atoms with Crippen LogP contribution in [0.15, 0.2) is 23.8 Å². The first-order valence-corrected chi connectivity index (χ1v) is 13.6. The average Bonchev–Trinajstić information content (AvgIpc) is 2.90. The number of nitrogens with one attached hydrogen (secondary N) is 1. The molecule has 3 rings (SSSR count). The summed E-state index contributed by atoms with van der Waals surface area (Å²) < 4.78 is 12.4. The molecule has 0 heterocycles. The lowest BCUT2D eigenvalue weighted by Gasteiger charge is -2.45. The second-order valence-electron chi connectivity index (χ2n) is 9.23. The molecular weight excluding hydrogens is 579 g/mol. The van der Waals surface area contributed by atoms with E-state index in [1.807, 2.05) is 6.92 Å². The quantitative estimate of drug-likeness (QED) is 0.297. The van der Waals surface area contributed by atoms with Gasteiger partial charge in [0.2, 0.25) is 11.8 Å². The van der Waals surface area contributed by atoms with E-state index in [0.29, 0.717) is 32.6 Å². The summed E-state index contributed by atoms with van der Waals surface area (Å²) in [4.78, 5) is 27.9. The molecule has 36 heavy (non-hydrogen) atoms. The van der Waals surface area contributed by atoms with Crippen LogP contribution in [0, 0.1) is 3.57 Å². The van der Waals surface area contributed by atoms with E-state index in [9.17, 15) is 19.8 Å². The summed E-state index contributed by atoms with van der Waals surface area (Å²) in [7, 11) is 1.49. The Morgan fingerprint density at radius 2 is 1.92 bits per heavy atom. The highest BCUT2D eigenvalue weighted by atomic mass is 127. The number of aliphatic hydroxyl groups is 3. The summed E-state index contributed by atoms with van der Waals surface area (Å²) in [5.74, 6) is 0.367. The first kappa shape index (κ1) is 28.7. The van der Waals surface area contributed by atoms with E-state index < -0.39 is 18.2 Å². The van der Waals surface area contributed by atoms with E-state index in [2.05, 4.69) is 27.9 Å². The van der Waals surface area contributed by atoms with E-state index in [0.717, 1.165) is 32.1 Å². The van der Waals surface area contributed by atoms with Crippen LogP contribution in [0.1, 0.15) is 57.4 Å². The van der Waals surface area contributed by atoms with Gasteiger partial charge in [-0.3, -0.25) is 9.59 Å². The summed E-state index contributed by atoms with van der Waals surface area (Å²) in [6, 6.07) is 2.80. The van der Waals surface area contributed by atoms with Gasteiger partial charge < -0.3 is 35.0 Å². The number of hydrogen-bond donors (Lipinski definition) is 4. The van der Waals surface area contributed by atoms with Gasteiger partial charge in [0, 0.05) is 31.0 Å². The number of benzene rings is 1. The van der Waals surface area contributed by atoms with Crippen molar-refractivity contribution in [3.05, 3.63) is 32.9 Å². The molecule has 0 unspecified atom stereocenters. The van der Waals surface area contributed by atoms with Crippen molar-refractivity contribution in [1.29, 1.82) is 0 Å². The normalized spacial score (nSPS) is 22.5. The van der Waals surface area contributed by atoms with Gasteiger partial charge >= 0.3 is 0 Å². The maximum Gasteiger partial charge on any atom is 0.247 e. The molecule has 2 aliphatic rings. The Kier molecular flexibility index (Phi) is 10.8. The zero-order valence-electron chi connectivity index (χ0n) is 20.9. The Balaban J connectivity index is 2.00. The molecule has 1 saturated carbocycles. The molecule has 4 N–H and O–H groups in total. The number of nitrogens with zero attached hydrogens (tertiary/aromatic N) is 1. The van der Waals surface area contributed by atoms with Crippen LogP contribution in [0.25, 0.3) is 0 Å². The molecule has 0 bridgehead atoms. The van der Waals surface area contributed by atoms with E-state index >= 15 is 0 Å². The summed E-state index contributed by atoms with van der Waals surface area (Å²) >= 11 is 2.08. The highest BCUT2D eigenvalue weighted by Crippen LogP contribution is 2.38. The predicted octanol–water partition coefficient (Wildman–Crippen LogP) is 2.28. The molecule has 2 amide bonds. The standard InChI is InChI=1S/C26H37IN2O7/c1-3-23(32)29(18-7-5-4-6-8-18)20-13-17(26(34)28-9-10-30)14-21(24(20)33)36-25-19(27)11-16(15-31)12-22(25)35-2/h11-12,14,18,20-21,24,30-31,33H,3-10,13,15H2,1-2H3,(H,28,34)/t20-,21+,24+/m1/s1. The van der Waals surface area contributed by atoms with E-state index in [4.69, 9.17) is 14.6 Å². The van der Waals surface area contributed by atoms with Crippen LogP contribution in [-0.2, 0) is 16.2 Å². The second kappa shape index (κ2) is 13.6. The minimum Gasteiger partial charge on any atom is -0.493 e. The van der Waals surface area contributed by atoms with Crippen LogP contribution in [0.4, 0.5) is 0 Å². The molecule has 0 radical (unpaired) electrons. The van der Waals surface area contributed by atoms with Gasteiger partial charge in [-0.25, -0.2) is 0 Å². The van der Waals surface area contributed by atoms with Crippen molar-refractivity contribution >= 4 is 34.4 Å². The first-order valence-electron chi connectivity index (χ1n) is 12.6. The van der Waals surface area contributed by atoms with Crippen LogP contribution < -0.4 is 14.8 Å². The van der Waals surface area contributed by atoms with Gasteiger partial charge in [0.05, 0.1) is 29.9 Å². The number of hydrogen-bond acceptors (Lipinski definition) is 7. The summed E-state index contributed by atoms with van der Waals surface area (Å²) in [6.45, 7) is 1.55. The lowest BCUT2D eigenvalue weighted by atomic mass is 9.85. The molecule has 1 fully saturated rings. The molecule has 1 aromatic carbocycles. The van der Waals surface area contributed by atoms with Crippen LogP contribution in [-0.4, -0.2) is 76.6 Å². The van der Waals surface area contributed by atoms with E-state index in [1.165, 1.54) is 7.11 Å². The predicted molar refractivity (Wildman–Crippen MR) is 143 cm³/mol. The van der Waals surface area contributed by atoms with Crippen molar-refractivity contribution < 1.29 is 34.4 Å². The maximum atomic E-state index is 13.2. The van der Waals surface area contributed by atoms with Crippen LogP contribution >= 0.6 is 22.6 Å². The highest BCUT2D eigenvalue weighted by molar-refractivity contribution is 14.1. The zero-order valence-corrected chi connectivity index (χ0v) is 23.1.